The van der Waals surface area contributed by atoms with Crippen molar-refractivity contribution in [2.75, 3.05) is 26.3 Å². The SMILES string of the molecule is C=C.CC(/C=C\C(=C/CF)CCC(=O)NO)CN1CCCC(c2c(C(C)C)[nH]c3ccccc23)C1. The van der Waals surface area contributed by atoms with Crippen LogP contribution < -0.4 is 5.48 Å². The molecule has 0 spiro atoms. The van der Waals surface area contributed by atoms with E-state index in [1.165, 1.54) is 41.1 Å². The molecule has 1 aliphatic rings. The molecule has 3 rings (SSSR count). The molecule has 1 aromatic carbocycles. The fraction of sp³-hybridized carbons (Fsp3) is 0.483. The molecular weight excluding hydrogens is 441 g/mol. The van der Waals surface area contributed by atoms with E-state index in [1.54, 1.807) is 5.48 Å². The zero-order valence-corrected chi connectivity index (χ0v) is 21.5. The predicted molar refractivity (Wildman–Crippen MR) is 144 cm³/mol. The molecule has 1 saturated heterocycles. The van der Waals surface area contributed by atoms with Gasteiger partial charge in [-0.15, -0.1) is 13.2 Å². The molecule has 0 aliphatic carbocycles. The summed E-state index contributed by atoms with van der Waals surface area (Å²) in [4.78, 5) is 17.5. The first-order chi connectivity index (χ1) is 16.9. The number of carbonyl (C=O) groups excluding carboxylic acids is 1. The smallest absolute Gasteiger partial charge is 0.243 e. The molecule has 192 valence electrons. The van der Waals surface area contributed by atoms with Gasteiger partial charge >= 0.3 is 0 Å². The van der Waals surface area contributed by atoms with Gasteiger partial charge in [-0.2, -0.15) is 0 Å². The molecule has 1 fully saturated rings. The first kappa shape index (κ1) is 28.5. The maximum atomic E-state index is 12.9. The van der Waals surface area contributed by atoms with Crippen LogP contribution in [0.2, 0.25) is 0 Å². The summed E-state index contributed by atoms with van der Waals surface area (Å²) < 4.78 is 12.9. The van der Waals surface area contributed by atoms with Gasteiger partial charge in [0.05, 0.1) is 0 Å². The Kier molecular flexibility index (Phi) is 11.9. The third kappa shape index (κ3) is 8.18. The number of hydroxylamine groups is 1. The van der Waals surface area contributed by atoms with E-state index in [2.05, 4.69) is 74.2 Å². The Hall–Kier alpha value is -2.70. The van der Waals surface area contributed by atoms with Crippen LogP contribution in [0.1, 0.15) is 69.5 Å². The van der Waals surface area contributed by atoms with Crippen molar-refractivity contribution in [2.24, 2.45) is 5.92 Å². The lowest BCUT2D eigenvalue weighted by Gasteiger charge is -2.34. The first-order valence-electron chi connectivity index (χ1n) is 12.6. The van der Waals surface area contributed by atoms with Crippen LogP contribution in [0.15, 0.2) is 61.2 Å². The number of para-hydroxylation sites is 1. The van der Waals surface area contributed by atoms with Crippen LogP contribution in [-0.4, -0.2) is 47.3 Å². The van der Waals surface area contributed by atoms with Crippen molar-refractivity contribution in [2.45, 2.75) is 58.3 Å². The van der Waals surface area contributed by atoms with E-state index in [1.807, 2.05) is 6.08 Å². The zero-order valence-electron chi connectivity index (χ0n) is 21.5. The summed E-state index contributed by atoms with van der Waals surface area (Å²) >= 11 is 0. The number of aromatic amines is 1. The number of hydrogen-bond acceptors (Lipinski definition) is 3. The Labute approximate surface area is 209 Å². The second-order valence-corrected chi connectivity index (χ2v) is 9.56. The number of halogens is 1. The Balaban J connectivity index is 0.00000210. The molecule has 1 aromatic heterocycles. The summed E-state index contributed by atoms with van der Waals surface area (Å²) in [6, 6.07) is 8.64. The highest BCUT2D eigenvalue weighted by molar-refractivity contribution is 5.85. The molecule has 6 heteroatoms. The summed E-state index contributed by atoms with van der Waals surface area (Å²) in [5.41, 5.74) is 6.49. The fourth-order valence-electron chi connectivity index (χ4n) is 4.96. The molecule has 5 nitrogen and oxygen atoms in total. The van der Waals surface area contributed by atoms with Gasteiger partial charge in [0, 0.05) is 36.1 Å². The van der Waals surface area contributed by atoms with Gasteiger partial charge in [-0.05, 0) is 60.8 Å². The van der Waals surface area contributed by atoms with Crippen LogP contribution >= 0.6 is 0 Å². The van der Waals surface area contributed by atoms with E-state index in [0.717, 1.165) is 25.2 Å². The molecular formula is C29H42FN3O2. The highest BCUT2D eigenvalue weighted by Crippen LogP contribution is 2.37. The highest BCUT2D eigenvalue weighted by Gasteiger charge is 2.27. The number of amides is 1. The van der Waals surface area contributed by atoms with Crippen LogP contribution in [0.25, 0.3) is 10.9 Å². The van der Waals surface area contributed by atoms with Gasteiger partial charge in [0.15, 0.2) is 0 Å². The zero-order chi connectivity index (χ0) is 25.8. The van der Waals surface area contributed by atoms with E-state index >= 15 is 0 Å². The summed E-state index contributed by atoms with van der Waals surface area (Å²) in [6.07, 6.45) is 8.46. The van der Waals surface area contributed by atoms with Crippen molar-refractivity contribution in [3.05, 3.63) is 72.5 Å². The quantitative estimate of drug-likeness (QED) is 0.153. The van der Waals surface area contributed by atoms with Crippen LogP contribution in [-0.2, 0) is 4.79 Å². The van der Waals surface area contributed by atoms with Crippen molar-refractivity contribution >= 4 is 16.8 Å². The molecule has 2 aromatic rings. The topological polar surface area (TPSA) is 68.4 Å². The third-order valence-electron chi connectivity index (χ3n) is 6.56. The van der Waals surface area contributed by atoms with Crippen molar-refractivity contribution < 1.29 is 14.4 Å². The number of alkyl halides is 1. The maximum absolute atomic E-state index is 12.9. The van der Waals surface area contributed by atoms with Crippen LogP contribution in [0, 0.1) is 5.92 Å². The van der Waals surface area contributed by atoms with E-state index in [0.29, 0.717) is 24.2 Å². The number of benzene rings is 1. The number of nitrogens with zero attached hydrogens (tertiary/aromatic N) is 1. The molecule has 2 atom stereocenters. The number of H-pyrrole nitrogens is 1. The van der Waals surface area contributed by atoms with Crippen molar-refractivity contribution in [1.82, 2.24) is 15.4 Å². The van der Waals surface area contributed by atoms with Crippen LogP contribution in [0.5, 0.6) is 0 Å². The first-order valence-corrected chi connectivity index (χ1v) is 12.6. The molecule has 3 N–H and O–H groups in total. The Morgan fingerprint density at radius 1 is 1.29 bits per heavy atom. The van der Waals surface area contributed by atoms with Gasteiger partial charge in [-0.1, -0.05) is 57.2 Å². The third-order valence-corrected chi connectivity index (χ3v) is 6.56. The summed E-state index contributed by atoms with van der Waals surface area (Å²) in [5, 5.41) is 10.0. The normalized spacial score (nSPS) is 18.0. The summed E-state index contributed by atoms with van der Waals surface area (Å²) in [5.74, 6) is 0.824. The number of hydrogen-bond donors (Lipinski definition) is 3. The van der Waals surface area contributed by atoms with E-state index in [-0.39, 0.29) is 6.42 Å². The second kappa shape index (κ2) is 14.6. The molecule has 0 radical (unpaired) electrons. The largest absolute Gasteiger partial charge is 0.358 e. The lowest BCUT2D eigenvalue weighted by Crippen LogP contribution is -2.37. The molecule has 1 aliphatic heterocycles. The molecule has 0 saturated carbocycles. The van der Waals surface area contributed by atoms with E-state index in [9.17, 15) is 9.18 Å². The van der Waals surface area contributed by atoms with Gasteiger partial charge in [0.25, 0.3) is 0 Å². The molecule has 2 heterocycles. The number of aromatic nitrogens is 1. The fourth-order valence-corrected chi connectivity index (χ4v) is 4.96. The molecule has 0 bridgehead atoms. The minimum absolute atomic E-state index is 0.137. The second-order valence-electron chi connectivity index (χ2n) is 9.56. The molecule has 2 unspecified atom stereocenters. The average molecular weight is 484 g/mol. The lowest BCUT2D eigenvalue weighted by molar-refractivity contribution is -0.129. The number of fused-ring (bicyclic) bond motifs is 1. The maximum Gasteiger partial charge on any atom is 0.243 e. The van der Waals surface area contributed by atoms with Gasteiger partial charge in [-0.3, -0.25) is 10.0 Å². The monoisotopic (exact) mass is 483 g/mol. The van der Waals surface area contributed by atoms with Crippen molar-refractivity contribution in [3.8, 4) is 0 Å². The number of likely N-dealkylation sites (tertiary alicyclic amines) is 1. The number of rotatable bonds is 10. The standard InChI is InChI=1S/C27H38FN3O2.C2H4/c1-19(2)27-26(23-8-4-5-9-24(23)29-27)22-7-6-16-31(18-22)17-20(3)10-11-21(14-15-28)12-13-25(32)30-33;1-2/h4-5,8-11,14,19-20,22,29,33H,6-7,12-13,15-18H2,1-3H3,(H,30,32);1-2H2/b11-10-,21-14+;. The predicted octanol–water partition coefficient (Wildman–Crippen LogP) is 6.65. The van der Waals surface area contributed by atoms with E-state index < -0.39 is 12.6 Å². The number of nitrogens with one attached hydrogen (secondary N) is 2. The number of allylic oxidation sites excluding steroid dienone is 3. The van der Waals surface area contributed by atoms with Gasteiger partial charge in [0.2, 0.25) is 5.91 Å². The highest BCUT2D eigenvalue weighted by atomic mass is 19.1. The van der Waals surface area contributed by atoms with Crippen molar-refractivity contribution in [3.63, 3.8) is 0 Å². The average Bonchev–Trinajstić information content (AvgIpc) is 3.27. The van der Waals surface area contributed by atoms with Crippen LogP contribution in [0.4, 0.5) is 4.39 Å². The minimum atomic E-state index is -0.564. The number of carbonyl (C=O) groups is 1. The number of piperidine rings is 1. The van der Waals surface area contributed by atoms with Gasteiger partial charge in [-0.25, -0.2) is 9.87 Å². The minimum Gasteiger partial charge on any atom is -0.358 e. The Morgan fingerprint density at radius 2 is 2.03 bits per heavy atom. The summed E-state index contributed by atoms with van der Waals surface area (Å²) in [6.45, 7) is 15.2. The van der Waals surface area contributed by atoms with Gasteiger partial charge < -0.3 is 9.88 Å². The molecule has 35 heavy (non-hydrogen) atoms. The van der Waals surface area contributed by atoms with Gasteiger partial charge in [0.1, 0.15) is 6.67 Å². The van der Waals surface area contributed by atoms with Crippen LogP contribution in [0.3, 0.4) is 0 Å². The molecule has 1 amide bonds. The summed E-state index contributed by atoms with van der Waals surface area (Å²) in [7, 11) is 0. The lowest BCUT2D eigenvalue weighted by atomic mass is 9.86. The Bertz CT molecular complexity index is 995. The van der Waals surface area contributed by atoms with E-state index in [4.69, 9.17) is 5.21 Å². The Morgan fingerprint density at radius 3 is 2.71 bits per heavy atom. The van der Waals surface area contributed by atoms with Crippen molar-refractivity contribution in [1.29, 1.82) is 0 Å².